The molecule has 0 aliphatic rings. The molecule has 0 spiro atoms. The van der Waals surface area contributed by atoms with Gasteiger partial charge < -0.3 is 9.15 Å². The van der Waals surface area contributed by atoms with Crippen LogP contribution in [0.4, 0.5) is 4.39 Å². The van der Waals surface area contributed by atoms with E-state index >= 15 is 0 Å². The zero-order chi connectivity index (χ0) is 13.1. The molecule has 0 aliphatic heterocycles. The number of nitrogens with zero attached hydrogens (tertiary/aromatic N) is 2. The standard InChI is InChI=1S/C11H9FN2O4/c1-17-9(15)6-14-11(16)18-10(13-14)7-2-4-8(12)5-3-7/h2-5H,6H2,1H3. The first-order chi connectivity index (χ1) is 8.60. The molecule has 0 amide bonds. The van der Waals surface area contributed by atoms with E-state index in [1.165, 1.54) is 31.4 Å². The molecule has 6 nitrogen and oxygen atoms in total. The molecule has 0 saturated heterocycles. The number of hydrogen-bond acceptors (Lipinski definition) is 5. The number of esters is 1. The predicted octanol–water partition coefficient (Wildman–Crippen LogP) is 0.815. The lowest BCUT2D eigenvalue weighted by molar-refractivity contribution is -0.141. The van der Waals surface area contributed by atoms with Gasteiger partial charge in [0, 0.05) is 5.56 Å². The molecule has 1 heterocycles. The van der Waals surface area contributed by atoms with Crippen molar-refractivity contribution in [2.45, 2.75) is 6.54 Å². The van der Waals surface area contributed by atoms with Crippen molar-refractivity contribution >= 4 is 5.97 Å². The van der Waals surface area contributed by atoms with E-state index < -0.39 is 17.5 Å². The molecule has 0 unspecified atom stereocenters. The van der Waals surface area contributed by atoms with Gasteiger partial charge >= 0.3 is 11.7 Å². The summed E-state index contributed by atoms with van der Waals surface area (Å²) >= 11 is 0. The maximum absolute atomic E-state index is 12.7. The third-order valence-electron chi connectivity index (χ3n) is 2.20. The lowest BCUT2D eigenvalue weighted by atomic mass is 10.2. The summed E-state index contributed by atoms with van der Waals surface area (Å²) in [5.41, 5.74) is 0.442. The number of halogens is 1. The lowest BCUT2D eigenvalue weighted by Gasteiger charge is -1.96. The number of ether oxygens (including phenoxy) is 1. The average molecular weight is 252 g/mol. The summed E-state index contributed by atoms with van der Waals surface area (Å²) in [7, 11) is 1.20. The van der Waals surface area contributed by atoms with Crippen LogP contribution in [0, 0.1) is 5.82 Å². The van der Waals surface area contributed by atoms with Gasteiger partial charge in [-0.2, -0.15) is 4.68 Å². The Kier molecular flexibility index (Phi) is 3.22. The van der Waals surface area contributed by atoms with Gasteiger partial charge in [-0.05, 0) is 24.3 Å². The topological polar surface area (TPSA) is 74.3 Å². The molecule has 0 aliphatic carbocycles. The van der Waals surface area contributed by atoms with Crippen molar-refractivity contribution in [1.82, 2.24) is 9.78 Å². The number of hydrogen-bond donors (Lipinski definition) is 0. The van der Waals surface area contributed by atoms with E-state index in [0.717, 1.165) is 4.68 Å². The van der Waals surface area contributed by atoms with Crippen LogP contribution in [0.15, 0.2) is 33.5 Å². The number of aromatic nitrogens is 2. The number of benzene rings is 1. The van der Waals surface area contributed by atoms with Crippen LogP contribution in [0.2, 0.25) is 0 Å². The minimum Gasteiger partial charge on any atom is -0.468 e. The van der Waals surface area contributed by atoms with Gasteiger partial charge in [-0.25, -0.2) is 9.18 Å². The summed E-state index contributed by atoms with van der Waals surface area (Å²) in [6.07, 6.45) is 0. The van der Waals surface area contributed by atoms with E-state index in [1.54, 1.807) is 0 Å². The molecular weight excluding hydrogens is 243 g/mol. The normalized spacial score (nSPS) is 10.3. The fraction of sp³-hybridized carbons (Fsp3) is 0.182. The second-order valence-electron chi connectivity index (χ2n) is 3.41. The number of methoxy groups -OCH3 is 1. The van der Waals surface area contributed by atoms with Crippen molar-refractivity contribution in [1.29, 1.82) is 0 Å². The van der Waals surface area contributed by atoms with Gasteiger partial charge in [0.15, 0.2) is 0 Å². The largest absolute Gasteiger partial charge is 0.468 e. The summed E-state index contributed by atoms with van der Waals surface area (Å²) in [5, 5.41) is 3.81. The fourth-order valence-electron chi connectivity index (χ4n) is 1.30. The second-order valence-corrected chi connectivity index (χ2v) is 3.41. The Morgan fingerprint density at radius 1 is 1.44 bits per heavy atom. The number of rotatable bonds is 3. The van der Waals surface area contributed by atoms with Crippen molar-refractivity contribution in [3.05, 3.63) is 40.6 Å². The minimum atomic E-state index is -0.778. The van der Waals surface area contributed by atoms with Crippen LogP contribution in [-0.2, 0) is 16.1 Å². The quantitative estimate of drug-likeness (QED) is 0.756. The summed E-state index contributed by atoms with van der Waals surface area (Å²) in [4.78, 5) is 22.4. The second kappa shape index (κ2) is 4.82. The maximum atomic E-state index is 12.7. The highest BCUT2D eigenvalue weighted by Gasteiger charge is 2.13. The lowest BCUT2D eigenvalue weighted by Crippen LogP contribution is -2.22. The smallest absolute Gasteiger partial charge is 0.437 e. The molecule has 0 radical (unpaired) electrons. The minimum absolute atomic E-state index is 0.0175. The fourth-order valence-corrected chi connectivity index (χ4v) is 1.30. The Morgan fingerprint density at radius 2 is 2.11 bits per heavy atom. The molecular formula is C11H9FN2O4. The average Bonchev–Trinajstić information content (AvgIpc) is 2.71. The van der Waals surface area contributed by atoms with Gasteiger partial charge in [0.25, 0.3) is 0 Å². The summed E-state index contributed by atoms with van der Waals surface area (Å²) < 4.78 is 22.8. The highest BCUT2D eigenvalue weighted by Crippen LogP contribution is 2.15. The van der Waals surface area contributed by atoms with Crippen LogP contribution in [-0.4, -0.2) is 22.9 Å². The van der Waals surface area contributed by atoms with Gasteiger partial charge in [-0.1, -0.05) is 0 Å². The van der Waals surface area contributed by atoms with Gasteiger partial charge in [0.05, 0.1) is 7.11 Å². The van der Waals surface area contributed by atoms with Crippen LogP contribution in [0.3, 0.4) is 0 Å². The Hall–Kier alpha value is -2.44. The zero-order valence-corrected chi connectivity index (χ0v) is 9.42. The molecule has 0 atom stereocenters. The molecule has 2 rings (SSSR count). The highest BCUT2D eigenvalue weighted by molar-refractivity contribution is 5.68. The molecule has 94 valence electrons. The first-order valence-corrected chi connectivity index (χ1v) is 5.01. The van der Waals surface area contributed by atoms with Crippen LogP contribution < -0.4 is 5.76 Å². The summed E-state index contributed by atoms with van der Waals surface area (Å²) in [6, 6.07) is 5.27. The summed E-state index contributed by atoms with van der Waals surface area (Å²) in [5.74, 6) is -1.78. The van der Waals surface area contributed by atoms with Crippen molar-refractivity contribution in [2.24, 2.45) is 0 Å². The van der Waals surface area contributed by atoms with Crippen molar-refractivity contribution in [3.63, 3.8) is 0 Å². The van der Waals surface area contributed by atoms with Gasteiger partial charge in [-0.3, -0.25) is 4.79 Å². The summed E-state index contributed by atoms with van der Waals surface area (Å²) in [6.45, 7) is -0.333. The third-order valence-corrected chi connectivity index (χ3v) is 2.20. The third kappa shape index (κ3) is 2.45. The molecule has 0 saturated carbocycles. The predicted molar refractivity (Wildman–Crippen MR) is 58.2 cm³/mol. The van der Waals surface area contributed by atoms with E-state index in [0.29, 0.717) is 5.56 Å². The molecule has 0 bridgehead atoms. The van der Waals surface area contributed by atoms with Gasteiger partial charge in [0.1, 0.15) is 12.4 Å². The van der Waals surface area contributed by atoms with E-state index in [9.17, 15) is 14.0 Å². The highest BCUT2D eigenvalue weighted by atomic mass is 19.1. The first-order valence-electron chi connectivity index (χ1n) is 5.01. The van der Waals surface area contributed by atoms with E-state index in [1.807, 2.05) is 0 Å². The molecule has 1 aromatic carbocycles. The number of carbonyl (C=O) groups excluding carboxylic acids is 1. The molecule has 7 heteroatoms. The van der Waals surface area contributed by atoms with Crippen LogP contribution in [0.5, 0.6) is 0 Å². The molecule has 0 N–H and O–H groups in total. The Labute approximate surface area is 101 Å². The van der Waals surface area contributed by atoms with E-state index in [2.05, 4.69) is 9.84 Å². The van der Waals surface area contributed by atoms with Gasteiger partial charge in [-0.15, -0.1) is 5.10 Å². The Morgan fingerprint density at radius 3 is 2.72 bits per heavy atom. The SMILES string of the molecule is COC(=O)Cn1nc(-c2ccc(F)cc2)oc1=O. The molecule has 1 aromatic heterocycles. The Balaban J connectivity index is 2.31. The van der Waals surface area contributed by atoms with E-state index in [4.69, 9.17) is 4.42 Å². The Bertz CT molecular complexity index is 615. The van der Waals surface area contributed by atoms with E-state index in [-0.39, 0.29) is 12.4 Å². The van der Waals surface area contributed by atoms with Gasteiger partial charge in [0.2, 0.25) is 5.89 Å². The molecule has 0 fully saturated rings. The van der Waals surface area contributed by atoms with Crippen LogP contribution >= 0.6 is 0 Å². The number of carbonyl (C=O) groups is 1. The van der Waals surface area contributed by atoms with Crippen LogP contribution in [0.1, 0.15) is 0 Å². The molecule has 18 heavy (non-hydrogen) atoms. The van der Waals surface area contributed by atoms with Crippen molar-refractivity contribution in [3.8, 4) is 11.5 Å². The van der Waals surface area contributed by atoms with Crippen molar-refractivity contribution in [2.75, 3.05) is 7.11 Å². The van der Waals surface area contributed by atoms with Crippen LogP contribution in [0.25, 0.3) is 11.5 Å². The molecule has 2 aromatic rings. The maximum Gasteiger partial charge on any atom is 0.437 e. The zero-order valence-electron chi connectivity index (χ0n) is 9.42. The van der Waals surface area contributed by atoms with Crippen molar-refractivity contribution < 1.29 is 18.3 Å². The first kappa shape index (κ1) is 12.0. The monoisotopic (exact) mass is 252 g/mol.